The van der Waals surface area contributed by atoms with Gasteiger partial charge in [-0.3, -0.25) is 23.4 Å². The van der Waals surface area contributed by atoms with Crippen LogP contribution in [0.15, 0.2) is 40.1 Å². The van der Waals surface area contributed by atoms with Gasteiger partial charge in [0.2, 0.25) is 0 Å². The molecule has 0 bridgehead atoms. The van der Waals surface area contributed by atoms with Crippen LogP contribution in [0.25, 0.3) is 0 Å². The number of nitrogens with one attached hydrogen (secondary N) is 1. The third kappa shape index (κ3) is 3.74. The number of aromatic nitrogens is 2. The van der Waals surface area contributed by atoms with Crippen molar-refractivity contribution in [3.63, 3.8) is 0 Å². The predicted molar refractivity (Wildman–Crippen MR) is 122 cm³/mol. The average Bonchev–Trinajstić information content (AvgIpc) is 2.94. The van der Waals surface area contributed by atoms with E-state index in [1.54, 1.807) is 18.2 Å². The highest BCUT2D eigenvalue weighted by molar-refractivity contribution is 7.49. The Kier molecular flexibility index (Phi) is 5.91. The molecular weight excluding hydrogens is 475 g/mol. The molecule has 12 nitrogen and oxygen atoms in total. The molecule has 0 radical (unpaired) electrons. The van der Waals surface area contributed by atoms with Crippen LogP contribution in [0.2, 0.25) is 0 Å². The molecule has 1 aromatic carbocycles. The molecule has 0 saturated carbocycles. The highest BCUT2D eigenvalue weighted by Gasteiger charge is 2.69. The topological polar surface area (TPSA) is 159 Å². The Morgan fingerprint density at radius 2 is 2.00 bits per heavy atom. The van der Waals surface area contributed by atoms with Gasteiger partial charge in [-0.1, -0.05) is 12.1 Å². The Morgan fingerprint density at radius 3 is 2.65 bits per heavy atom. The SMILES string of the molecule is BC(B)(OP1(=O)OCc2cccc(OC)c2O1)[C@@]1(F)O[C@@](B)(n2ccc(=O)[nH]c2=O)[C@H](O)[C@@H]1O. The lowest BCUT2D eigenvalue weighted by molar-refractivity contribution is -0.240. The zero-order valence-corrected chi connectivity index (χ0v) is 19.6. The fourth-order valence-corrected chi connectivity index (χ4v) is 5.52. The number of hydrogen-bond donors (Lipinski definition) is 3. The molecule has 2 aromatic rings. The maximum atomic E-state index is 16.3. The van der Waals surface area contributed by atoms with E-state index in [0.717, 1.165) is 40.4 Å². The normalized spacial score (nSPS) is 33.2. The minimum atomic E-state index is -4.49. The number of nitrogens with zero attached hydrogens (tertiary/aromatic N) is 1. The third-order valence-electron chi connectivity index (χ3n) is 5.91. The van der Waals surface area contributed by atoms with Crippen molar-refractivity contribution in [2.24, 2.45) is 0 Å². The number of hydrogen-bond acceptors (Lipinski definition) is 10. The number of phosphoric ester groups is 1. The Hall–Kier alpha value is -2.35. The maximum absolute atomic E-state index is 16.3. The smallest absolute Gasteiger partial charge is 0.493 e. The summed E-state index contributed by atoms with van der Waals surface area (Å²) in [4.78, 5) is 25.6. The molecule has 1 aromatic heterocycles. The van der Waals surface area contributed by atoms with Crippen molar-refractivity contribution in [1.29, 1.82) is 0 Å². The number of ether oxygens (including phenoxy) is 2. The molecule has 0 spiro atoms. The fraction of sp³-hybridized carbons (Fsp3) is 0.412. The van der Waals surface area contributed by atoms with Gasteiger partial charge in [0.15, 0.2) is 19.3 Å². The molecule has 0 amide bonds. The second kappa shape index (κ2) is 8.11. The fourth-order valence-electron chi connectivity index (χ4n) is 3.97. The molecule has 1 saturated heterocycles. The van der Waals surface area contributed by atoms with Crippen LogP contribution in [0, 0.1) is 0 Å². The van der Waals surface area contributed by atoms with Gasteiger partial charge < -0.3 is 24.2 Å². The number of fused-ring (bicyclic) bond motifs is 1. The molecule has 2 aliphatic heterocycles. The summed E-state index contributed by atoms with van der Waals surface area (Å²) in [5.74, 6) is -2.89. The highest BCUT2D eigenvalue weighted by Crippen LogP contribution is 2.60. The van der Waals surface area contributed by atoms with E-state index < -0.39 is 48.2 Å². The van der Waals surface area contributed by atoms with E-state index in [4.69, 9.17) is 23.0 Å². The zero-order valence-electron chi connectivity index (χ0n) is 18.7. The molecule has 0 aliphatic carbocycles. The van der Waals surface area contributed by atoms with Gasteiger partial charge in [0.05, 0.1) is 19.1 Å². The molecule has 1 fully saturated rings. The van der Waals surface area contributed by atoms with Crippen LogP contribution in [-0.2, 0) is 30.6 Å². The number of alkyl halides is 1. The molecule has 3 heterocycles. The summed E-state index contributed by atoms with van der Waals surface area (Å²) >= 11 is 0. The number of phosphoric acid groups is 1. The molecule has 5 atom stereocenters. The first kappa shape index (κ1) is 24.8. The van der Waals surface area contributed by atoms with Crippen molar-refractivity contribution in [1.82, 2.24) is 9.55 Å². The van der Waals surface area contributed by atoms with Crippen LogP contribution in [0.1, 0.15) is 5.56 Å². The number of benzene rings is 1. The lowest BCUT2D eigenvalue weighted by atomic mass is 9.59. The summed E-state index contributed by atoms with van der Waals surface area (Å²) in [5.41, 5.74) is -3.40. The number of aliphatic hydroxyl groups is 2. The standard InChI is InChI=1S/C17H21B3FN2O10P/c1-29-9-4-2-3-8-7-30-34(28,31-11(8)9)33-17(19,20)15(21)12(25)13(26)16(18,32-15)23-6-5-10(24)22-14(23)27/h2-6,12-13,25-26H,7,18-20H2,1H3,(H,22,24,27)/t12-,13+,15-,16-,34?/m0/s1. The summed E-state index contributed by atoms with van der Waals surface area (Å²) in [6, 6.07) is 5.84. The number of aliphatic hydroxyl groups excluding tert-OH is 2. The van der Waals surface area contributed by atoms with Gasteiger partial charge in [0.1, 0.15) is 33.5 Å². The van der Waals surface area contributed by atoms with Crippen molar-refractivity contribution in [3.05, 3.63) is 56.9 Å². The van der Waals surface area contributed by atoms with Crippen molar-refractivity contribution >= 4 is 31.4 Å². The van der Waals surface area contributed by atoms with Crippen molar-refractivity contribution in [2.75, 3.05) is 7.11 Å². The minimum absolute atomic E-state index is 0.0841. The number of para-hydroxylation sites is 1. The van der Waals surface area contributed by atoms with Crippen molar-refractivity contribution < 1.29 is 42.2 Å². The van der Waals surface area contributed by atoms with Crippen molar-refractivity contribution in [2.45, 2.75) is 35.7 Å². The molecule has 180 valence electrons. The van der Waals surface area contributed by atoms with E-state index in [1.807, 2.05) is 4.98 Å². The number of methoxy groups -OCH3 is 1. The summed E-state index contributed by atoms with van der Waals surface area (Å²) in [7, 11) is 0.237. The summed E-state index contributed by atoms with van der Waals surface area (Å²) in [6.45, 7) is -0.199. The van der Waals surface area contributed by atoms with Gasteiger partial charge in [-0.15, -0.1) is 0 Å². The summed E-state index contributed by atoms with van der Waals surface area (Å²) in [5, 5.41) is 19.0. The first-order valence-electron chi connectivity index (χ1n) is 10.1. The highest BCUT2D eigenvalue weighted by atomic mass is 31.2. The van der Waals surface area contributed by atoms with E-state index in [2.05, 4.69) is 0 Å². The van der Waals surface area contributed by atoms with Gasteiger partial charge in [-0.25, -0.2) is 13.8 Å². The minimum Gasteiger partial charge on any atom is -0.493 e. The molecule has 4 rings (SSSR count). The molecule has 2 aliphatic rings. The van der Waals surface area contributed by atoms with Crippen molar-refractivity contribution in [3.8, 4) is 11.5 Å². The first-order chi connectivity index (χ1) is 15.8. The van der Waals surface area contributed by atoms with E-state index in [1.165, 1.54) is 7.11 Å². The molecule has 34 heavy (non-hydrogen) atoms. The Labute approximate surface area is 194 Å². The summed E-state index contributed by atoms with van der Waals surface area (Å²) in [6.07, 6.45) is -3.29. The first-order valence-corrected chi connectivity index (χ1v) is 11.6. The quantitative estimate of drug-likeness (QED) is 0.286. The van der Waals surface area contributed by atoms with Gasteiger partial charge in [-0.05, 0) is 6.07 Å². The summed E-state index contributed by atoms with van der Waals surface area (Å²) < 4.78 is 57.1. The van der Waals surface area contributed by atoms with Gasteiger partial charge in [0, 0.05) is 17.8 Å². The lowest BCUT2D eigenvalue weighted by Gasteiger charge is -2.41. The lowest BCUT2D eigenvalue weighted by Crippen LogP contribution is -2.60. The Bertz CT molecular complexity index is 1280. The number of rotatable bonds is 5. The molecule has 17 heteroatoms. The van der Waals surface area contributed by atoms with Crippen LogP contribution in [0.5, 0.6) is 11.5 Å². The second-order valence-electron chi connectivity index (χ2n) is 8.53. The van der Waals surface area contributed by atoms with Gasteiger partial charge in [-0.2, -0.15) is 0 Å². The average molecular weight is 496 g/mol. The molecular formula is C17H21B3FN2O10P. The monoisotopic (exact) mass is 496 g/mol. The zero-order chi connectivity index (χ0) is 25.1. The Balaban J connectivity index is 1.67. The van der Waals surface area contributed by atoms with Crippen LogP contribution in [0.3, 0.4) is 0 Å². The largest absolute Gasteiger partial charge is 0.529 e. The Morgan fingerprint density at radius 1 is 1.29 bits per heavy atom. The van der Waals surface area contributed by atoms with Gasteiger partial charge in [0.25, 0.3) is 11.4 Å². The maximum Gasteiger partial charge on any atom is 0.529 e. The number of H-pyrrole nitrogens is 1. The molecule has 1 unspecified atom stereocenters. The van der Waals surface area contributed by atoms with Crippen LogP contribution in [-0.4, -0.2) is 73.9 Å². The molecule has 3 N–H and O–H groups in total. The van der Waals surface area contributed by atoms with E-state index in [-0.39, 0.29) is 18.1 Å². The second-order valence-corrected chi connectivity index (χ2v) is 10.1. The van der Waals surface area contributed by atoms with Crippen LogP contribution in [0.4, 0.5) is 4.39 Å². The number of aromatic amines is 1. The predicted octanol–water partition coefficient (Wildman–Crippen LogP) is -3.14. The number of halogens is 1. The van der Waals surface area contributed by atoms with E-state index in [9.17, 15) is 24.4 Å². The van der Waals surface area contributed by atoms with Gasteiger partial charge >= 0.3 is 13.5 Å². The van der Waals surface area contributed by atoms with Crippen LogP contribution >= 0.6 is 7.82 Å². The van der Waals surface area contributed by atoms with E-state index in [0.29, 0.717) is 5.56 Å². The third-order valence-corrected chi connectivity index (χ3v) is 7.44. The van der Waals surface area contributed by atoms with Crippen LogP contribution < -0.4 is 20.5 Å². The van der Waals surface area contributed by atoms with E-state index >= 15 is 4.39 Å².